The number of unbranched alkanes of at least 4 members (excludes halogenated alkanes) is 4. The van der Waals surface area contributed by atoms with Crippen molar-refractivity contribution in [2.24, 2.45) is 0 Å². The van der Waals surface area contributed by atoms with Crippen molar-refractivity contribution in [1.29, 1.82) is 0 Å². The van der Waals surface area contributed by atoms with Crippen molar-refractivity contribution in [2.75, 3.05) is 0 Å². The van der Waals surface area contributed by atoms with E-state index in [1.54, 1.807) is 0 Å². The molecule has 0 aliphatic carbocycles. The van der Waals surface area contributed by atoms with Crippen LogP contribution in [0, 0.1) is 6.92 Å². The van der Waals surface area contributed by atoms with Crippen LogP contribution in [0.1, 0.15) is 32.1 Å². The molecule has 0 atom stereocenters. The van der Waals surface area contributed by atoms with Gasteiger partial charge >= 0.3 is 25.7 Å². The normalized spacial score (nSPS) is 12.2. The quantitative estimate of drug-likeness (QED) is 0.0325. The Morgan fingerprint density at radius 2 is 0.415 bits per heavy atom. The van der Waals surface area contributed by atoms with E-state index in [-0.39, 0.29) is 0 Å². The van der Waals surface area contributed by atoms with Crippen LogP contribution >= 0.6 is 0 Å². The maximum absolute atomic E-state index is 9.17. The summed E-state index contributed by atoms with van der Waals surface area (Å²) in [6.07, 6.45) is 5.13. The van der Waals surface area contributed by atoms with E-state index >= 15 is 0 Å². The Hall–Kier alpha value is -7.66. The standard InChI is InChI=1S/C73H69O4Si5/c1-2-3-4-5-39-62-78(63-40-17-6-18-41-63,64-42-19-7-20-43-64)74-80(68-50-27-11-28-51-68,69-52-29-12-30-53-69)76-82(72-58-35-15-36-59-72,73-60-37-16-38-61-73)77-81(70-54-31-13-32-55-70,71-56-33-14-34-57-71)75-79(65-44-21-8-22-45-65,66-46-23-9-24-47-66)67-48-25-10-26-49-67/h6-38,40-61H,1-5,39,62H2. The highest BCUT2D eigenvalue weighted by Crippen LogP contribution is 2.31. The van der Waals surface area contributed by atoms with Crippen LogP contribution in [-0.4, -0.2) is 42.3 Å². The summed E-state index contributed by atoms with van der Waals surface area (Å²) < 4.78 is 36.3. The molecule has 0 unspecified atom stereocenters. The Bertz CT molecular complexity index is 3380. The molecule has 0 aliphatic heterocycles. The van der Waals surface area contributed by atoms with E-state index in [0.29, 0.717) is 0 Å². The zero-order valence-corrected chi connectivity index (χ0v) is 51.3. The highest BCUT2D eigenvalue weighted by atomic mass is 28.5. The third-order valence-corrected chi connectivity index (χ3v) is 38.8. The predicted molar refractivity (Wildman–Crippen MR) is 353 cm³/mol. The topological polar surface area (TPSA) is 36.9 Å². The van der Waals surface area contributed by atoms with Crippen molar-refractivity contribution < 1.29 is 16.5 Å². The lowest BCUT2D eigenvalue weighted by molar-refractivity contribution is 0.329. The molecule has 4 nitrogen and oxygen atoms in total. The van der Waals surface area contributed by atoms with Crippen LogP contribution in [0.5, 0.6) is 0 Å². The van der Waals surface area contributed by atoms with E-state index in [2.05, 4.69) is 341 Å². The van der Waals surface area contributed by atoms with E-state index in [0.717, 1.165) is 84.8 Å². The minimum absolute atomic E-state index is 0.831. The molecule has 0 amide bonds. The molecule has 1 radical (unpaired) electrons. The maximum atomic E-state index is 9.17. The first kappa shape index (κ1) is 56.2. The molecule has 11 aromatic carbocycles. The third-order valence-electron chi connectivity index (χ3n) is 15.7. The van der Waals surface area contributed by atoms with Crippen molar-refractivity contribution in [3.05, 3.63) is 341 Å². The summed E-state index contributed by atoms with van der Waals surface area (Å²) in [4.78, 5) is 0. The van der Waals surface area contributed by atoms with Gasteiger partial charge in [-0.15, -0.1) is 0 Å². The Kier molecular flexibility index (Phi) is 18.2. The summed E-state index contributed by atoms with van der Waals surface area (Å²) in [6.45, 7) is 4.22. The molecule has 405 valence electrons. The van der Waals surface area contributed by atoms with E-state index in [1.807, 2.05) is 0 Å². The minimum Gasteiger partial charge on any atom is -0.422 e. The Balaban J connectivity index is 1.28. The fourth-order valence-corrected chi connectivity index (χ4v) is 39.6. The Morgan fingerprint density at radius 1 is 0.207 bits per heavy atom. The molecule has 0 saturated carbocycles. The van der Waals surface area contributed by atoms with Gasteiger partial charge in [-0.3, -0.25) is 0 Å². The number of hydrogen-bond donors (Lipinski definition) is 0. The van der Waals surface area contributed by atoms with Crippen LogP contribution in [0.25, 0.3) is 0 Å². The van der Waals surface area contributed by atoms with E-state index in [1.165, 1.54) is 10.4 Å². The summed E-state index contributed by atoms with van der Waals surface area (Å²) in [7, 11) is -20.0. The molecule has 0 aliphatic rings. The van der Waals surface area contributed by atoms with Gasteiger partial charge in [0.1, 0.15) is 0 Å². The molecule has 9 heteroatoms. The molecule has 0 fully saturated rings. The van der Waals surface area contributed by atoms with E-state index < -0.39 is 42.3 Å². The largest absolute Gasteiger partial charge is 0.422 e. The highest BCUT2D eigenvalue weighted by Gasteiger charge is 2.64. The molecular weight excluding hydrogens is 1080 g/mol. The van der Waals surface area contributed by atoms with Crippen molar-refractivity contribution in [1.82, 2.24) is 0 Å². The van der Waals surface area contributed by atoms with Gasteiger partial charge in [0.05, 0.1) is 0 Å². The van der Waals surface area contributed by atoms with Gasteiger partial charge in [0.2, 0.25) is 8.32 Å². The van der Waals surface area contributed by atoms with Gasteiger partial charge in [-0.2, -0.15) is 0 Å². The molecule has 82 heavy (non-hydrogen) atoms. The second kappa shape index (κ2) is 26.5. The Morgan fingerprint density at radius 3 is 0.671 bits per heavy atom. The van der Waals surface area contributed by atoms with Gasteiger partial charge in [0.25, 0.3) is 8.32 Å². The molecular formula is C73H69O4Si5. The van der Waals surface area contributed by atoms with Gasteiger partial charge in [0.15, 0.2) is 0 Å². The first-order chi connectivity index (χ1) is 40.5. The fraction of sp³-hybridized carbons (Fsp3) is 0.0822. The SMILES string of the molecule is [CH2]CCCCCC[Si](O[Si](O[Si](O[Si](O[Si](c1ccccc1)(c1ccccc1)c1ccccc1)(c1ccccc1)c1ccccc1)(c1ccccc1)c1ccccc1)(c1ccccc1)c1ccccc1)(c1ccccc1)c1ccccc1. The van der Waals surface area contributed by atoms with Crippen molar-refractivity contribution in [3.8, 4) is 0 Å². The fourth-order valence-electron chi connectivity index (χ4n) is 11.7. The molecule has 0 saturated heterocycles. The summed E-state index contributed by atoms with van der Waals surface area (Å²) in [5, 5.41) is 11.5. The van der Waals surface area contributed by atoms with Gasteiger partial charge in [-0.25, -0.2) is 0 Å². The molecule has 0 aromatic heterocycles. The first-order valence-corrected chi connectivity index (χ1v) is 38.2. The van der Waals surface area contributed by atoms with Gasteiger partial charge in [-0.05, 0) is 63.1 Å². The second-order valence-corrected chi connectivity index (χ2v) is 37.6. The van der Waals surface area contributed by atoms with E-state index in [9.17, 15) is 8.23 Å². The molecule has 11 rings (SSSR count). The van der Waals surface area contributed by atoms with Gasteiger partial charge in [-0.1, -0.05) is 373 Å². The zero-order valence-electron chi connectivity index (χ0n) is 46.3. The monoisotopic (exact) mass is 1150 g/mol. The average molecular weight is 1150 g/mol. The molecule has 0 heterocycles. The van der Waals surface area contributed by atoms with Crippen molar-refractivity contribution in [2.45, 2.75) is 38.1 Å². The lowest BCUT2D eigenvalue weighted by Gasteiger charge is -2.50. The minimum atomic E-state index is -4.39. The summed E-state index contributed by atoms with van der Waals surface area (Å²) >= 11 is 0. The van der Waals surface area contributed by atoms with Crippen LogP contribution in [0.3, 0.4) is 0 Å². The average Bonchev–Trinajstić information content (AvgIpc) is 1.72. The van der Waals surface area contributed by atoms with Gasteiger partial charge < -0.3 is 16.5 Å². The first-order valence-electron chi connectivity index (χ1n) is 28.8. The maximum Gasteiger partial charge on any atom is 0.390 e. The highest BCUT2D eigenvalue weighted by molar-refractivity contribution is 7.17. The lowest BCUT2D eigenvalue weighted by Crippen LogP contribution is -2.85. The summed E-state index contributed by atoms with van der Waals surface area (Å²) in [6, 6.07) is 121. The number of benzene rings is 11. The van der Waals surface area contributed by atoms with Crippen molar-refractivity contribution in [3.63, 3.8) is 0 Å². The van der Waals surface area contributed by atoms with Crippen LogP contribution in [0.15, 0.2) is 334 Å². The second-order valence-electron chi connectivity index (χ2n) is 20.8. The zero-order chi connectivity index (χ0) is 55.8. The van der Waals surface area contributed by atoms with Crippen LogP contribution in [-0.2, 0) is 16.5 Å². The van der Waals surface area contributed by atoms with Crippen LogP contribution in [0.4, 0.5) is 0 Å². The van der Waals surface area contributed by atoms with Crippen LogP contribution in [0.2, 0.25) is 6.04 Å². The molecule has 11 aromatic rings. The third kappa shape index (κ3) is 11.6. The molecule has 0 spiro atoms. The molecule has 0 bridgehead atoms. The van der Waals surface area contributed by atoms with Crippen LogP contribution < -0.4 is 57.1 Å². The molecule has 0 N–H and O–H groups in total. The number of hydrogen-bond acceptors (Lipinski definition) is 4. The van der Waals surface area contributed by atoms with E-state index in [4.69, 9.17) is 8.23 Å². The van der Waals surface area contributed by atoms with Crippen molar-refractivity contribution >= 4 is 99.4 Å². The predicted octanol–water partition coefficient (Wildman–Crippen LogP) is 10.0. The van der Waals surface area contributed by atoms with Gasteiger partial charge in [0, 0.05) is 0 Å². The summed E-state index contributed by atoms with van der Waals surface area (Å²) in [5.74, 6) is 0. The number of rotatable bonds is 25. The lowest BCUT2D eigenvalue weighted by atomic mass is 10.2. The smallest absolute Gasteiger partial charge is 0.390 e. The summed E-state index contributed by atoms with van der Waals surface area (Å²) in [5.41, 5.74) is 0. The Labute approximate surface area is 491 Å².